The maximum absolute atomic E-state index is 11.5. The van der Waals surface area contributed by atoms with Crippen LogP contribution in [0.25, 0.3) is 0 Å². The number of carbonyl (C=O) groups excluding carboxylic acids is 1. The van der Waals surface area contributed by atoms with Crippen LogP contribution in [0.3, 0.4) is 0 Å². The van der Waals surface area contributed by atoms with Crippen LogP contribution >= 0.6 is 0 Å². The van der Waals surface area contributed by atoms with E-state index in [4.69, 9.17) is 5.10 Å². The van der Waals surface area contributed by atoms with E-state index in [0.29, 0.717) is 12.5 Å². The molecule has 0 N–H and O–H groups in total. The highest BCUT2D eigenvalue weighted by molar-refractivity contribution is 5.72. The average molecular weight is 387 g/mol. The van der Waals surface area contributed by atoms with Crippen molar-refractivity contribution in [2.24, 2.45) is 18.9 Å². The zero-order valence-corrected chi connectivity index (χ0v) is 18.2. The topological polar surface area (TPSA) is 41.4 Å². The fraction of sp³-hybridized carbons (Fsp3) is 0.739. The Balaban J connectivity index is 1.46. The molecule has 0 aliphatic heterocycles. The van der Waals surface area contributed by atoms with E-state index >= 15 is 0 Å². The van der Waals surface area contributed by atoms with Crippen molar-refractivity contribution >= 4 is 5.91 Å². The third-order valence-corrected chi connectivity index (χ3v) is 6.71. The minimum absolute atomic E-state index is 0.0941. The molecule has 0 aromatic carbocycles. The summed E-state index contributed by atoms with van der Waals surface area (Å²) in [5, 5.41) is 4.77. The van der Waals surface area contributed by atoms with Crippen LogP contribution in [0.5, 0.6) is 0 Å². The van der Waals surface area contributed by atoms with Crippen molar-refractivity contribution in [3.8, 4) is 0 Å². The van der Waals surface area contributed by atoms with Crippen molar-refractivity contribution < 1.29 is 4.79 Å². The van der Waals surface area contributed by atoms with Gasteiger partial charge in [-0.2, -0.15) is 5.10 Å². The third-order valence-electron chi connectivity index (χ3n) is 6.71. The summed E-state index contributed by atoms with van der Waals surface area (Å²) < 4.78 is 1.95. The van der Waals surface area contributed by atoms with E-state index in [1.54, 1.807) is 11.8 Å². The second kappa shape index (κ2) is 9.73. The van der Waals surface area contributed by atoms with E-state index in [2.05, 4.69) is 30.2 Å². The summed E-state index contributed by atoms with van der Waals surface area (Å²) in [4.78, 5) is 15.8. The largest absolute Gasteiger partial charge is 0.340 e. The molecule has 0 radical (unpaired) electrons. The Bertz CT molecular complexity index is 672. The van der Waals surface area contributed by atoms with Gasteiger partial charge in [-0.25, -0.2) is 0 Å². The normalized spacial score (nSPS) is 25.2. The number of amides is 1. The number of aromatic nitrogens is 2. The van der Waals surface area contributed by atoms with Crippen LogP contribution in [0.15, 0.2) is 18.2 Å². The summed E-state index contributed by atoms with van der Waals surface area (Å²) in [5.41, 5.74) is 2.34. The number of hydrogen-bond donors (Lipinski definition) is 0. The van der Waals surface area contributed by atoms with Crippen molar-refractivity contribution in [2.45, 2.75) is 64.3 Å². The molecule has 1 heterocycles. The highest BCUT2D eigenvalue weighted by Crippen LogP contribution is 2.36. The van der Waals surface area contributed by atoms with Gasteiger partial charge in [0.05, 0.1) is 17.9 Å². The molecule has 2 aliphatic rings. The number of hydrogen-bond acceptors (Lipinski definition) is 3. The molecule has 156 valence electrons. The third kappa shape index (κ3) is 5.69. The second-order valence-electron chi connectivity index (χ2n) is 9.15. The Hall–Kier alpha value is -1.62. The van der Waals surface area contributed by atoms with Crippen LogP contribution in [0.2, 0.25) is 0 Å². The summed E-state index contributed by atoms with van der Waals surface area (Å²) in [6.45, 7) is 4.73. The predicted molar refractivity (Wildman–Crippen MR) is 114 cm³/mol. The van der Waals surface area contributed by atoms with Gasteiger partial charge in [-0.1, -0.05) is 12.2 Å². The second-order valence-corrected chi connectivity index (χ2v) is 9.15. The lowest BCUT2D eigenvalue weighted by atomic mass is 9.80. The maximum atomic E-state index is 11.5. The quantitative estimate of drug-likeness (QED) is 0.666. The lowest BCUT2D eigenvalue weighted by molar-refractivity contribution is -0.128. The van der Waals surface area contributed by atoms with Crippen LogP contribution in [0.4, 0.5) is 0 Å². The van der Waals surface area contributed by atoms with Gasteiger partial charge in [-0.3, -0.25) is 9.48 Å². The molecule has 1 aromatic rings. The first-order valence-corrected chi connectivity index (χ1v) is 11.0. The smallest absolute Gasteiger partial charge is 0.219 e. The van der Waals surface area contributed by atoms with Crippen LogP contribution in [-0.4, -0.2) is 52.7 Å². The molecule has 0 saturated heterocycles. The van der Waals surface area contributed by atoms with Crippen molar-refractivity contribution in [1.29, 1.82) is 0 Å². The Labute approximate surface area is 170 Å². The highest BCUT2D eigenvalue weighted by Gasteiger charge is 2.26. The van der Waals surface area contributed by atoms with Crippen LogP contribution in [0.1, 0.15) is 69.2 Å². The van der Waals surface area contributed by atoms with E-state index in [1.807, 2.05) is 18.8 Å². The monoisotopic (exact) mass is 386 g/mol. The molecule has 5 nitrogen and oxygen atoms in total. The molecule has 0 bridgehead atoms. The van der Waals surface area contributed by atoms with Gasteiger partial charge in [-0.15, -0.1) is 0 Å². The SMILES string of the molecule is CC(=O)N(C)Cc1cc(C2CCC(CN(C)C[C@@H]3CC=CCC3)CC2)nn1C. The van der Waals surface area contributed by atoms with Gasteiger partial charge in [-0.05, 0) is 69.9 Å². The molecule has 1 amide bonds. The molecule has 1 atom stereocenters. The summed E-state index contributed by atoms with van der Waals surface area (Å²) in [7, 11) is 6.15. The molecule has 2 aliphatic carbocycles. The summed E-state index contributed by atoms with van der Waals surface area (Å²) in [5.74, 6) is 2.35. The van der Waals surface area contributed by atoms with E-state index in [0.717, 1.165) is 17.5 Å². The molecular weight excluding hydrogens is 348 g/mol. The maximum Gasteiger partial charge on any atom is 0.219 e. The van der Waals surface area contributed by atoms with Crippen molar-refractivity contribution in [3.05, 3.63) is 29.6 Å². The van der Waals surface area contributed by atoms with Gasteiger partial charge in [0.25, 0.3) is 0 Å². The fourth-order valence-corrected chi connectivity index (χ4v) is 4.85. The highest BCUT2D eigenvalue weighted by atomic mass is 16.2. The number of carbonyl (C=O) groups is 1. The molecular formula is C23H38N4O. The van der Waals surface area contributed by atoms with E-state index < -0.39 is 0 Å². The molecule has 28 heavy (non-hydrogen) atoms. The first kappa shape index (κ1) is 21.1. The molecule has 1 aromatic heterocycles. The summed E-state index contributed by atoms with van der Waals surface area (Å²) in [6, 6.07) is 2.22. The number of rotatable bonds is 7. The van der Waals surface area contributed by atoms with E-state index in [1.165, 1.54) is 63.7 Å². The zero-order chi connectivity index (χ0) is 20.1. The van der Waals surface area contributed by atoms with Gasteiger partial charge in [0.15, 0.2) is 0 Å². The van der Waals surface area contributed by atoms with Crippen molar-refractivity contribution in [2.75, 3.05) is 27.2 Å². The Morgan fingerprint density at radius 1 is 1.11 bits per heavy atom. The Morgan fingerprint density at radius 2 is 1.82 bits per heavy atom. The Kier molecular flexibility index (Phi) is 7.33. The first-order chi connectivity index (χ1) is 13.4. The predicted octanol–water partition coefficient (Wildman–Crippen LogP) is 3.96. The standard InChI is InChI=1S/C23H38N4O/c1-18(28)26(3)17-22-14-23(24-27(22)4)21-12-10-20(11-13-21)16-25(2)15-19-8-6-5-7-9-19/h5-6,14,19-21H,7-13,15-17H2,1-4H3/t19-,20?,21?/m1/s1. The van der Waals surface area contributed by atoms with Gasteiger partial charge >= 0.3 is 0 Å². The molecule has 5 heteroatoms. The summed E-state index contributed by atoms with van der Waals surface area (Å²) in [6.07, 6.45) is 13.7. The van der Waals surface area contributed by atoms with Crippen LogP contribution in [0, 0.1) is 11.8 Å². The van der Waals surface area contributed by atoms with E-state index in [9.17, 15) is 4.79 Å². The van der Waals surface area contributed by atoms with Gasteiger partial charge in [0, 0.05) is 40.0 Å². The summed E-state index contributed by atoms with van der Waals surface area (Å²) >= 11 is 0. The van der Waals surface area contributed by atoms with Crippen LogP contribution in [-0.2, 0) is 18.4 Å². The number of aryl methyl sites for hydroxylation is 1. The van der Waals surface area contributed by atoms with Crippen molar-refractivity contribution in [1.82, 2.24) is 19.6 Å². The van der Waals surface area contributed by atoms with Crippen LogP contribution < -0.4 is 0 Å². The minimum atomic E-state index is 0.0941. The molecule has 0 unspecified atom stereocenters. The molecule has 1 saturated carbocycles. The molecule has 1 fully saturated rings. The molecule has 3 rings (SSSR count). The number of nitrogens with zero attached hydrogens (tertiary/aromatic N) is 4. The van der Waals surface area contributed by atoms with Gasteiger partial charge in [0.2, 0.25) is 5.91 Å². The fourth-order valence-electron chi connectivity index (χ4n) is 4.85. The van der Waals surface area contributed by atoms with Gasteiger partial charge in [0.1, 0.15) is 0 Å². The number of allylic oxidation sites excluding steroid dienone is 2. The van der Waals surface area contributed by atoms with Crippen molar-refractivity contribution in [3.63, 3.8) is 0 Å². The minimum Gasteiger partial charge on any atom is -0.340 e. The average Bonchev–Trinajstić information content (AvgIpc) is 3.03. The first-order valence-electron chi connectivity index (χ1n) is 11.0. The molecule has 0 spiro atoms. The Morgan fingerprint density at radius 3 is 2.46 bits per heavy atom. The van der Waals surface area contributed by atoms with E-state index in [-0.39, 0.29) is 5.91 Å². The van der Waals surface area contributed by atoms with Gasteiger partial charge < -0.3 is 9.80 Å². The lowest BCUT2D eigenvalue weighted by Gasteiger charge is -2.32. The zero-order valence-electron chi connectivity index (χ0n) is 18.2. The lowest BCUT2D eigenvalue weighted by Crippen LogP contribution is -2.32.